The summed E-state index contributed by atoms with van der Waals surface area (Å²) in [5.41, 5.74) is 0.679. The summed E-state index contributed by atoms with van der Waals surface area (Å²) in [7, 11) is -2.46. The summed E-state index contributed by atoms with van der Waals surface area (Å²) in [6.45, 7) is 0. The standard InChI is InChI=1S/C14H13Br2NO4S2/c1-21-13(18)8-11(9-2-4-10(15)5-3-9)17-23(19,20)14-7-6-12(16)22-14/h2-7,11,17H,8H2,1H3. The van der Waals surface area contributed by atoms with Crippen molar-refractivity contribution < 1.29 is 17.9 Å². The molecule has 0 fully saturated rings. The van der Waals surface area contributed by atoms with Crippen LogP contribution in [0.15, 0.2) is 48.9 Å². The Labute approximate surface area is 155 Å². The number of thiophene rings is 1. The van der Waals surface area contributed by atoms with Crippen LogP contribution in [0.25, 0.3) is 0 Å². The van der Waals surface area contributed by atoms with Gasteiger partial charge < -0.3 is 4.74 Å². The fraction of sp³-hybridized carbons (Fsp3) is 0.214. The molecule has 5 nitrogen and oxygen atoms in total. The van der Waals surface area contributed by atoms with Crippen molar-refractivity contribution in [3.05, 3.63) is 50.2 Å². The van der Waals surface area contributed by atoms with Crippen molar-refractivity contribution in [2.75, 3.05) is 7.11 Å². The quantitative estimate of drug-likeness (QED) is 0.634. The molecule has 23 heavy (non-hydrogen) atoms. The monoisotopic (exact) mass is 481 g/mol. The molecule has 0 spiro atoms. The minimum Gasteiger partial charge on any atom is -0.469 e. The smallest absolute Gasteiger partial charge is 0.307 e. The SMILES string of the molecule is COC(=O)CC(NS(=O)(=O)c1ccc(Br)s1)c1ccc(Br)cc1. The second kappa shape index (κ2) is 7.89. The van der Waals surface area contributed by atoms with Crippen LogP contribution in [-0.2, 0) is 19.6 Å². The Kier molecular flexibility index (Phi) is 6.38. The lowest BCUT2D eigenvalue weighted by molar-refractivity contribution is -0.141. The second-order valence-electron chi connectivity index (χ2n) is 4.56. The van der Waals surface area contributed by atoms with E-state index in [4.69, 9.17) is 0 Å². The molecule has 1 unspecified atom stereocenters. The van der Waals surface area contributed by atoms with Crippen LogP contribution in [0.5, 0.6) is 0 Å². The topological polar surface area (TPSA) is 72.5 Å². The van der Waals surface area contributed by atoms with Crippen LogP contribution in [0, 0.1) is 0 Å². The molecule has 2 rings (SSSR count). The molecule has 0 radical (unpaired) electrons. The van der Waals surface area contributed by atoms with Gasteiger partial charge in [-0.2, -0.15) is 0 Å². The predicted octanol–water partition coefficient (Wildman–Crippen LogP) is 3.86. The van der Waals surface area contributed by atoms with E-state index in [2.05, 4.69) is 41.3 Å². The number of carbonyl (C=O) groups is 1. The highest BCUT2D eigenvalue weighted by atomic mass is 79.9. The number of hydrogen-bond donors (Lipinski definition) is 1. The van der Waals surface area contributed by atoms with Crippen molar-refractivity contribution in [1.29, 1.82) is 0 Å². The zero-order chi connectivity index (χ0) is 17.0. The summed E-state index contributed by atoms with van der Waals surface area (Å²) in [6.07, 6.45) is -0.0933. The third-order valence-corrected chi connectivity index (χ3v) is 7.10. The first-order valence-electron chi connectivity index (χ1n) is 6.42. The molecular formula is C14H13Br2NO4S2. The van der Waals surface area contributed by atoms with Gasteiger partial charge in [0.15, 0.2) is 0 Å². The molecule has 0 aliphatic carbocycles. The Morgan fingerprint density at radius 2 is 1.87 bits per heavy atom. The van der Waals surface area contributed by atoms with Gasteiger partial charge in [-0.1, -0.05) is 28.1 Å². The van der Waals surface area contributed by atoms with Crippen molar-refractivity contribution in [2.45, 2.75) is 16.7 Å². The molecule has 0 saturated heterocycles. The van der Waals surface area contributed by atoms with Crippen molar-refractivity contribution >= 4 is 59.2 Å². The van der Waals surface area contributed by atoms with Crippen molar-refractivity contribution in [1.82, 2.24) is 4.72 Å². The van der Waals surface area contributed by atoms with Crippen molar-refractivity contribution in [2.24, 2.45) is 0 Å². The molecule has 1 heterocycles. The van der Waals surface area contributed by atoms with Crippen molar-refractivity contribution in [3.8, 4) is 0 Å². The summed E-state index contributed by atoms with van der Waals surface area (Å²) in [5, 5.41) is 0. The number of esters is 1. The molecule has 0 aliphatic heterocycles. The molecule has 0 amide bonds. The number of sulfonamides is 1. The molecule has 1 atom stereocenters. The Balaban J connectivity index is 2.30. The van der Waals surface area contributed by atoms with Gasteiger partial charge in [0.1, 0.15) is 4.21 Å². The first-order valence-corrected chi connectivity index (χ1v) is 10.3. The van der Waals surface area contributed by atoms with E-state index in [1.807, 2.05) is 0 Å². The second-order valence-corrected chi connectivity index (χ2v) is 9.88. The van der Waals surface area contributed by atoms with Gasteiger partial charge in [-0.15, -0.1) is 11.3 Å². The van der Waals surface area contributed by atoms with Gasteiger partial charge in [-0.3, -0.25) is 4.79 Å². The summed E-state index contributed by atoms with van der Waals surface area (Å²) in [5.74, 6) is -0.493. The van der Waals surface area contributed by atoms with Gasteiger partial charge in [-0.05, 0) is 45.8 Å². The summed E-state index contributed by atoms with van der Waals surface area (Å²) in [4.78, 5) is 11.6. The van der Waals surface area contributed by atoms with Gasteiger partial charge >= 0.3 is 5.97 Å². The minimum absolute atomic E-state index is 0.0933. The third-order valence-electron chi connectivity index (χ3n) is 2.98. The number of carbonyl (C=O) groups excluding carboxylic acids is 1. The zero-order valence-electron chi connectivity index (χ0n) is 12.0. The first kappa shape index (κ1) is 18.6. The third kappa shape index (κ3) is 5.12. The van der Waals surface area contributed by atoms with Crippen LogP contribution in [0.3, 0.4) is 0 Å². The fourth-order valence-corrected chi connectivity index (χ4v) is 5.38. The zero-order valence-corrected chi connectivity index (χ0v) is 16.8. The molecule has 9 heteroatoms. The maximum Gasteiger partial charge on any atom is 0.307 e. The van der Waals surface area contributed by atoms with E-state index >= 15 is 0 Å². The average Bonchev–Trinajstić information content (AvgIpc) is 2.94. The predicted molar refractivity (Wildman–Crippen MR) is 95.9 cm³/mol. The Morgan fingerprint density at radius 1 is 1.22 bits per heavy atom. The van der Waals surface area contributed by atoms with E-state index in [-0.39, 0.29) is 10.6 Å². The highest BCUT2D eigenvalue weighted by Crippen LogP contribution is 2.28. The van der Waals surface area contributed by atoms with E-state index in [0.717, 1.165) is 15.8 Å². The number of rotatable bonds is 6. The number of nitrogens with one attached hydrogen (secondary N) is 1. The number of methoxy groups -OCH3 is 1. The van der Waals surface area contributed by atoms with Gasteiger partial charge in [0.2, 0.25) is 0 Å². The number of halogens is 2. The molecule has 0 saturated carbocycles. The molecule has 124 valence electrons. The highest BCUT2D eigenvalue weighted by molar-refractivity contribution is 9.11. The molecular weight excluding hydrogens is 470 g/mol. The number of benzene rings is 1. The van der Waals surface area contributed by atoms with Gasteiger partial charge in [-0.25, -0.2) is 13.1 Å². The molecule has 2 aromatic rings. The summed E-state index contributed by atoms with van der Waals surface area (Å²) >= 11 is 7.67. The summed E-state index contributed by atoms with van der Waals surface area (Å²) < 4.78 is 34.0. The fourth-order valence-electron chi connectivity index (χ4n) is 1.86. The lowest BCUT2D eigenvalue weighted by Gasteiger charge is -2.17. The Bertz CT molecular complexity index is 787. The average molecular weight is 483 g/mol. The Hall–Kier alpha value is -0.740. The minimum atomic E-state index is -3.73. The lowest BCUT2D eigenvalue weighted by atomic mass is 10.1. The summed E-state index contributed by atoms with van der Waals surface area (Å²) in [6, 6.07) is 9.55. The highest BCUT2D eigenvalue weighted by Gasteiger charge is 2.25. The van der Waals surface area contributed by atoms with Crippen LogP contribution in [0.1, 0.15) is 18.0 Å². The van der Waals surface area contributed by atoms with Gasteiger partial charge in [0.25, 0.3) is 10.0 Å². The number of hydrogen-bond acceptors (Lipinski definition) is 5. The first-order chi connectivity index (χ1) is 10.8. The molecule has 1 aromatic heterocycles. The van der Waals surface area contributed by atoms with Crippen LogP contribution >= 0.6 is 43.2 Å². The maximum absolute atomic E-state index is 12.5. The molecule has 1 aromatic carbocycles. The van der Waals surface area contributed by atoms with Gasteiger partial charge in [0.05, 0.1) is 23.4 Å². The van der Waals surface area contributed by atoms with E-state index < -0.39 is 22.0 Å². The molecule has 1 N–H and O–H groups in total. The largest absolute Gasteiger partial charge is 0.469 e. The normalized spacial score (nSPS) is 12.8. The van der Waals surface area contributed by atoms with Crippen LogP contribution in [0.4, 0.5) is 0 Å². The van der Waals surface area contributed by atoms with E-state index in [1.165, 1.54) is 13.2 Å². The maximum atomic E-state index is 12.5. The van der Waals surface area contributed by atoms with Gasteiger partial charge in [0, 0.05) is 4.47 Å². The van der Waals surface area contributed by atoms with E-state index in [0.29, 0.717) is 9.35 Å². The van der Waals surface area contributed by atoms with E-state index in [1.54, 1.807) is 30.3 Å². The molecule has 0 bridgehead atoms. The van der Waals surface area contributed by atoms with Crippen LogP contribution in [0.2, 0.25) is 0 Å². The number of ether oxygens (including phenoxy) is 1. The van der Waals surface area contributed by atoms with Crippen molar-refractivity contribution in [3.63, 3.8) is 0 Å². The Morgan fingerprint density at radius 3 is 2.39 bits per heavy atom. The van der Waals surface area contributed by atoms with Crippen LogP contribution in [-0.4, -0.2) is 21.5 Å². The molecule has 0 aliphatic rings. The van der Waals surface area contributed by atoms with E-state index in [9.17, 15) is 13.2 Å². The lowest BCUT2D eigenvalue weighted by Crippen LogP contribution is -2.30. The van der Waals surface area contributed by atoms with Crippen LogP contribution < -0.4 is 4.72 Å².